The maximum Gasteiger partial charge on any atom is 0.131 e. The first-order valence-corrected chi connectivity index (χ1v) is 6.34. The molecule has 0 fully saturated rings. The van der Waals surface area contributed by atoms with Gasteiger partial charge in [-0.3, -0.25) is 0 Å². The Balaban J connectivity index is 2.30. The molecule has 1 unspecified atom stereocenters. The molecule has 0 spiro atoms. The molecular weight excluding hydrogens is 234 g/mol. The lowest BCUT2D eigenvalue weighted by atomic mass is 9.95. The van der Waals surface area contributed by atoms with Crippen LogP contribution >= 0.6 is 11.3 Å². The first-order valence-electron chi connectivity index (χ1n) is 5.52. The molecule has 0 saturated heterocycles. The average Bonchev–Trinajstić information content (AvgIpc) is 2.83. The summed E-state index contributed by atoms with van der Waals surface area (Å²) in [6.07, 6.45) is 0.956. The summed E-state index contributed by atoms with van der Waals surface area (Å²) in [4.78, 5) is 2.20. The van der Waals surface area contributed by atoms with E-state index in [0.717, 1.165) is 4.88 Å². The van der Waals surface area contributed by atoms with Gasteiger partial charge in [0.05, 0.1) is 11.9 Å². The Morgan fingerprint density at radius 1 is 1.35 bits per heavy atom. The first-order chi connectivity index (χ1) is 7.89. The van der Waals surface area contributed by atoms with Crippen molar-refractivity contribution in [3.63, 3.8) is 0 Å². The lowest BCUT2D eigenvalue weighted by Crippen LogP contribution is -2.08. The van der Waals surface area contributed by atoms with Crippen LogP contribution in [0.15, 0.2) is 18.3 Å². The van der Waals surface area contributed by atoms with E-state index < -0.39 is 6.10 Å². The Kier molecular flexibility index (Phi) is 3.05. The minimum atomic E-state index is -0.643. The highest BCUT2D eigenvalue weighted by Gasteiger charge is 2.21. The monoisotopic (exact) mass is 251 g/mol. The molecule has 0 aliphatic carbocycles. The fraction of sp³-hybridized carbons (Fsp3) is 0.500. The Morgan fingerprint density at radius 2 is 2.06 bits per heavy atom. The summed E-state index contributed by atoms with van der Waals surface area (Å²) in [6.45, 7) is 6.50. The molecule has 2 aromatic heterocycles. The molecule has 17 heavy (non-hydrogen) atoms. The summed E-state index contributed by atoms with van der Waals surface area (Å²) < 4.78 is 1.60. The van der Waals surface area contributed by atoms with Crippen LogP contribution in [-0.4, -0.2) is 20.1 Å². The van der Waals surface area contributed by atoms with Crippen molar-refractivity contribution >= 4 is 11.3 Å². The number of thiophene rings is 1. The van der Waals surface area contributed by atoms with Crippen molar-refractivity contribution in [2.24, 2.45) is 7.05 Å². The van der Waals surface area contributed by atoms with E-state index in [1.165, 1.54) is 4.88 Å². The third kappa shape index (κ3) is 2.40. The molecule has 2 heterocycles. The predicted octanol–water partition coefficient (Wildman–Crippen LogP) is 2.26. The zero-order valence-electron chi connectivity index (χ0n) is 10.5. The Bertz CT molecular complexity index is 510. The van der Waals surface area contributed by atoms with Gasteiger partial charge in [0.25, 0.3) is 0 Å². The third-order valence-electron chi connectivity index (χ3n) is 2.67. The zero-order chi connectivity index (χ0) is 12.6. The van der Waals surface area contributed by atoms with E-state index >= 15 is 0 Å². The van der Waals surface area contributed by atoms with Gasteiger partial charge in [-0.15, -0.1) is 16.4 Å². The summed E-state index contributed by atoms with van der Waals surface area (Å²) in [5, 5.41) is 17.9. The number of rotatable bonds is 2. The predicted molar refractivity (Wildman–Crippen MR) is 68.1 cm³/mol. The normalized spacial score (nSPS) is 13.9. The summed E-state index contributed by atoms with van der Waals surface area (Å²) in [6, 6.07) is 4.05. The molecular formula is C12H17N3OS. The number of aryl methyl sites for hydroxylation is 1. The topological polar surface area (TPSA) is 50.9 Å². The number of hydrogen-bond donors (Lipinski definition) is 1. The molecule has 92 valence electrons. The van der Waals surface area contributed by atoms with Crippen molar-refractivity contribution in [2.45, 2.75) is 32.3 Å². The van der Waals surface area contributed by atoms with Crippen LogP contribution in [-0.2, 0) is 12.5 Å². The van der Waals surface area contributed by atoms with Crippen LogP contribution in [0.2, 0.25) is 0 Å². The Morgan fingerprint density at radius 3 is 2.53 bits per heavy atom. The summed E-state index contributed by atoms with van der Waals surface area (Å²) in [5.74, 6) is 0. The number of nitrogens with zero attached hydrogens (tertiary/aromatic N) is 3. The second-order valence-corrected chi connectivity index (χ2v) is 6.25. The van der Waals surface area contributed by atoms with Crippen LogP contribution in [0, 0.1) is 0 Å². The smallest absolute Gasteiger partial charge is 0.131 e. The van der Waals surface area contributed by atoms with Gasteiger partial charge in [0.2, 0.25) is 0 Å². The maximum absolute atomic E-state index is 10.3. The SMILES string of the molecule is Cn1nncc1C(O)c1ccc(C(C)(C)C)s1. The Hall–Kier alpha value is -1.20. The van der Waals surface area contributed by atoms with E-state index in [4.69, 9.17) is 0 Å². The molecule has 0 amide bonds. The quantitative estimate of drug-likeness (QED) is 0.890. The highest BCUT2D eigenvalue weighted by atomic mass is 32.1. The minimum Gasteiger partial charge on any atom is -0.381 e. The molecule has 1 N–H and O–H groups in total. The largest absolute Gasteiger partial charge is 0.381 e. The molecule has 0 aliphatic rings. The molecule has 1 atom stereocenters. The van der Waals surface area contributed by atoms with Gasteiger partial charge in [-0.25, -0.2) is 4.68 Å². The molecule has 0 radical (unpaired) electrons. The van der Waals surface area contributed by atoms with Crippen LogP contribution < -0.4 is 0 Å². The van der Waals surface area contributed by atoms with Crippen molar-refractivity contribution in [2.75, 3.05) is 0 Å². The van der Waals surface area contributed by atoms with Gasteiger partial charge in [-0.05, 0) is 17.5 Å². The highest BCUT2D eigenvalue weighted by molar-refractivity contribution is 7.12. The van der Waals surface area contributed by atoms with Crippen molar-refractivity contribution < 1.29 is 5.11 Å². The molecule has 5 heteroatoms. The van der Waals surface area contributed by atoms with Gasteiger partial charge in [0.15, 0.2) is 0 Å². The van der Waals surface area contributed by atoms with E-state index in [0.29, 0.717) is 5.69 Å². The van der Waals surface area contributed by atoms with Crippen LogP contribution in [0.25, 0.3) is 0 Å². The number of hydrogen-bond acceptors (Lipinski definition) is 4. The fourth-order valence-corrected chi connectivity index (χ4v) is 2.66. The molecule has 4 nitrogen and oxygen atoms in total. The van der Waals surface area contributed by atoms with Crippen LogP contribution in [0.4, 0.5) is 0 Å². The van der Waals surface area contributed by atoms with Crippen molar-refractivity contribution in [3.05, 3.63) is 33.8 Å². The first kappa shape index (κ1) is 12.3. The minimum absolute atomic E-state index is 0.118. The van der Waals surface area contributed by atoms with E-state index in [2.05, 4.69) is 37.1 Å². The van der Waals surface area contributed by atoms with E-state index in [1.807, 2.05) is 6.07 Å². The standard InChI is InChI=1S/C12H17N3OS/c1-12(2,3)10-6-5-9(17-10)11(16)8-7-13-14-15(8)4/h5-7,11,16H,1-4H3. The van der Waals surface area contributed by atoms with Gasteiger partial charge >= 0.3 is 0 Å². The van der Waals surface area contributed by atoms with E-state index in [1.54, 1.807) is 29.3 Å². The second kappa shape index (κ2) is 4.23. The zero-order valence-corrected chi connectivity index (χ0v) is 11.3. The van der Waals surface area contributed by atoms with Gasteiger partial charge in [0.1, 0.15) is 6.10 Å². The molecule has 0 aliphatic heterocycles. The van der Waals surface area contributed by atoms with E-state index in [9.17, 15) is 5.11 Å². The van der Waals surface area contributed by atoms with Gasteiger partial charge < -0.3 is 5.11 Å². The fourth-order valence-electron chi connectivity index (χ4n) is 1.59. The lowest BCUT2D eigenvalue weighted by Gasteiger charge is -2.15. The molecule has 0 saturated carbocycles. The Labute approximate surface area is 105 Å². The average molecular weight is 251 g/mol. The molecule has 2 rings (SSSR count). The highest BCUT2D eigenvalue weighted by Crippen LogP contribution is 2.34. The summed E-state index contributed by atoms with van der Waals surface area (Å²) in [5.41, 5.74) is 0.833. The third-order valence-corrected chi connectivity index (χ3v) is 4.23. The molecule has 2 aromatic rings. The lowest BCUT2D eigenvalue weighted by molar-refractivity contribution is 0.213. The van der Waals surface area contributed by atoms with Gasteiger partial charge in [-0.2, -0.15) is 0 Å². The summed E-state index contributed by atoms with van der Waals surface area (Å²) in [7, 11) is 1.78. The van der Waals surface area contributed by atoms with Crippen LogP contribution in [0.3, 0.4) is 0 Å². The number of aliphatic hydroxyl groups excluding tert-OH is 1. The molecule has 0 aromatic carbocycles. The van der Waals surface area contributed by atoms with Crippen LogP contribution in [0.5, 0.6) is 0 Å². The number of aliphatic hydroxyl groups is 1. The second-order valence-electron chi connectivity index (χ2n) is 5.14. The van der Waals surface area contributed by atoms with Crippen molar-refractivity contribution in [1.82, 2.24) is 15.0 Å². The van der Waals surface area contributed by atoms with Crippen LogP contribution in [0.1, 0.15) is 42.3 Å². The van der Waals surface area contributed by atoms with Gasteiger partial charge in [0, 0.05) is 16.8 Å². The van der Waals surface area contributed by atoms with E-state index in [-0.39, 0.29) is 5.41 Å². The van der Waals surface area contributed by atoms with Crippen molar-refractivity contribution in [1.29, 1.82) is 0 Å². The maximum atomic E-state index is 10.3. The number of aromatic nitrogens is 3. The van der Waals surface area contributed by atoms with Gasteiger partial charge in [-0.1, -0.05) is 26.0 Å². The summed E-state index contributed by atoms with van der Waals surface area (Å²) >= 11 is 1.64. The molecule has 0 bridgehead atoms. The van der Waals surface area contributed by atoms with Crippen molar-refractivity contribution in [3.8, 4) is 0 Å².